The average Bonchev–Trinajstić information content (AvgIpc) is 1.55. The van der Waals surface area contributed by atoms with Crippen LogP contribution in [0.1, 0.15) is 173 Å². The highest BCUT2D eigenvalue weighted by Gasteiger charge is 2.69. The number of nitrogens with zero attached hydrogens (tertiary/aromatic N) is 1. The Bertz CT molecular complexity index is 3690. The molecule has 12 bridgehead atoms. The van der Waals surface area contributed by atoms with Crippen molar-refractivity contribution in [2.45, 2.75) is 297 Å². The lowest BCUT2D eigenvalue weighted by atomic mass is 9.83. The number of hydrogen-bond donors (Lipinski definition) is 8. The number of Topliss-reactive ketones (excluding diaryl/α,β-unsaturated/α-hetero) is 2. The Morgan fingerprint density at radius 3 is 1.96 bits per heavy atom. The molecule has 3 unspecified atom stereocenters. The second-order valence-electron chi connectivity index (χ2n) is 34.1. The van der Waals surface area contributed by atoms with E-state index >= 15 is 0 Å². The number of amides is 9. The zero-order valence-electron chi connectivity index (χ0n) is 71.9. The maximum atomic E-state index is 14.6. The van der Waals surface area contributed by atoms with Crippen molar-refractivity contribution < 1.29 is 129 Å². The number of nitrogens with one attached hydrogen (secondary N) is 6. The molecule has 21 atom stereocenters. The molecule has 0 saturated carbocycles. The van der Waals surface area contributed by atoms with E-state index in [2.05, 4.69) is 45.1 Å². The molecule has 35 heteroatoms. The minimum absolute atomic E-state index is 0.0103. The Morgan fingerprint density at radius 1 is 0.610 bits per heavy atom. The van der Waals surface area contributed by atoms with Crippen molar-refractivity contribution in [3.63, 3.8) is 0 Å². The Kier molecular flexibility index (Phi) is 38.1. The first-order valence-corrected chi connectivity index (χ1v) is 44.5. The third-order valence-electron chi connectivity index (χ3n) is 24.5. The van der Waals surface area contributed by atoms with Crippen molar-refractivity contribution in [1.82, 2.24) is 36.8 Å². The van der Waals surface area contributed by atoms with Crippen LogP contribution in [0.2, 0.25) is 0 Å². The highest BCUT2D eigenvalue weighted by molar-refractivity contribution is 6.12. The molecule has 10 fully saturated rings. The van der Waals surface area contributed by atoms with Crippen molar-refractivity contribution in [2.75, 3.05) is 113 Å². The quantitative estimate of drug-likeness (QED) is 0.0256. The molecular formula is C88H132N8O27. The van der Waals surface area contributed by atoms with Crippen LogP contribution >= 0.6 is 0 Å². The average molecular weight is 1730 g/mol. The fraction of sp³-hybridized carbons (Fsp3) is 0.750. The number of ketones is 2. The zero-order valence-corrected chi connectivity index (χ0v) is 71.9. The van der Waals surface area contributed by atoms with E-state index in [0.717, 1.165) is 54.6 Å². The molecule has 0 aliphatic carbocycles. The molecule has 9 N–H and O–H groups in total. The van der Waals surface area contributed by atoms with Crippen LogP contribution < -0.4 is 37.6 Å². The van der Waals surface area contributed by atoms with Crippen LogP contribution in [0, 0.1) is 11.8 Å². The molecule has 1 spiro atoms. The minimum Gasteiger partial charge on any atom is -0.445 e. The molecule has 0 aromatic heterocycles. The molecule has 11 aliphatic rings. The number of fused-ring (bicyclic) bond motifs is 6. The summed E-state index contributed by atoms with van der Waals surface area (Å²) in [6, 6.07) is 2.60. The van der Waals surface area contributed by atoms with Crippen molar-refractivity contribution in [2.24, 2.45) is 17.6 Å². The first kappa shape index (κ1) is 96.3. The van der Waals surface area contributed by atoms with E-state index < -0.39 is 138 Å². The summed E-state index contributed by atoms with van der Waals surface area (Å²) in [5.74, 6) is -5.37. The van der Waals surface area contributed by atoms with Crippen LogP contribution in [-0.4, -0.2) is 303 Å². The number of aliphatic hydroxyl groups is 1. The van der Waals surface area contributed by atoms with Crippen LogP contribution in [0.5, 0.6) is 0 Å². The van der Waals surface area contributed by atoms with Gasteiger partial charge in [0.05, 0.1) is 146 Å². The van der Waals surface area contributed by atoms with Gasteiger partial charge in [-0.15, -0.1) is 0 Å². The van der Waals surface area contributed by atoms with Crippen molar-refractivity contribution in [3.8, 4) is 0 Å². The lowest BCUT2D eigenvalue weighted by molar-refractivity contribution is -0.292. The molecule has 11 heterocycles. The second kappa shape index (κ2) is 48.6. The van der Waals surface area contributed by atoms with Gasteiger partial charge < -0.3 is 119 Å². The van der Waals surface area contributed by atoms with Gasteiger partial charge in [-0.05, 0) is 112 Å². The largest absolute Gasteiger partial charge is 0.445 e. The molecule has 0 radical (unpaired) electrons. The fourth-order valence-corrected chi connectivity index (χ4v) is 18.2. The van der Waals surface area contributed by atoms with Gasteiger partial charge in [0, 0.05) is 128 Å². The highest BCUT2D eigenvalue weighted by atomic mass is 16.8. The number of methoxy groups -OCH3 is 1. The Balaban J connectivity index is 0.635. The molecular weight excluding hydrogens is 1600 g/mol. The number of aliphatic hydroxyl groups excluding tert-OH is 1. The van der Waals surface area contributed by atoms with Crippen LogP contribution in [-0.2, 0) is 127 Å². The minimum atomic E-state index is -1.20. The number of carbonyl (C=O) groups is 10. The number of unbranched alkanes of at least 4 members (excludes halogenated alkanes) is 2. The van der Waals surface area contributed by atoms with Crippen LogP contribution in [0.25, 0.3) is 0 Å². The number of ether oxygens (including phenoxy) is 16. The van der Waals surface area contributed by atoms with Gasteiger partial charge in [0.2, 0.25) is 23.6 Å². The standard InChI is InChI=1S/C88H132N8O27/c1-7-109-32-33-111-36-37-113-40-41-114-39-38-112-35-34-110-31-29-90-74(101)44-58(93-73(100)13-9-8-10-30-96-76(103)24-25-77(96)104)45-75(102)95-78(53(2)3)85(105)94-65(12-11-28-91-86(89)106)66(99)43-56-15-17-57(18-16-56)52-115-87(107)92-51-60(98)48-71-79(108-6)64-47-59(97)46-62-21-23-68-80(118-62)84-83-82(120-68)81-72(121-83)50-88(122-81,123-84)27-26-63-42-55(5)67(117-63)22-20-61-19-14-54(4)69(116-61)49-70(64)119-71/h15-18,24-25,53,58,60-65,67-72,78-84,98H,4-5,7-14,19-23,26-52H2,1-3,6H3,(H,90,101)(H,92,107)(H,93,100)(H,94,105)(H,95,102)(H3,89,91,106)/t58?,60-,61+,62+,63-,64-,65-,67-,68-,69+,70-,71+,72+,78-,79+,80-,81-,82?,83?,84-,88-/m0/s1. The normalized spacial score (nSPS) is 29.4. The second-order valence-corrected chi connectivity index (χ2v) is 34.1. The third-order valence-corrected chi connectivity index (χ3v) is 24.5. The van der Waals surface area contributed by atoms with E-state index in [1.54, 1.807) is 45.2 Å². The van der Waals surface area contributed by atoms with Gasteiger partial charge in [-0.3, -0.25) is 43.3 Å². The number of nitrogens with two attached hydrogens (primary N) is 1. The highest BCUT2D eigenvalue weighted by Crippen LogP contribution is 2.55. The summed E-state index contributed by atoms with van der Waals surface area (Å²) in [6.45, 7) is 19.0. The predicted molar refractivity (Wildman–Crippen MR) is 441 cm³/mol. The summed E-state index contributed by atoms with van der Waals surface area (Å²) < 4.78 is 99.2. The number of carbonyl (C=O) groups excluding carboxylic acids is 10. The molecule has 123 heavy (non-hydrogen) atoms. The monoisotopic (exact) mass is 1730 g/mol. The number of hydrogen-bond acceptors (Lipinski definition) is 27. The van der Waals surface area contributed by atoms with Crippen molar-refractivity contribution in [3.05, 3.63) is 71.8 Å². The number of urea groups is 1. The first-order chi connectivity index (χ1) is 59.4. The number of imide groups is 1. The zero-order chi connectivity index (χ0) is 87.4. The topological polar surface area (TPSA) is 440 Å². The Morgan fingerprint density at radius 2 is 1.26 bits per heavy atom. The SMILES string of the molecule is C=C1C[C@@H]2CC[C@@]34C[C@H]5OC6C(O[C@H]7CC[C@H](CC(=O)C[C@@H]8[C@@H](OC)[C@@H](C[C@H](O)CNC(=O)OCc9ccc(CC(=O)[C@H](CCCNC(N)=O)NC(=O)[C@@H](NC(=O)CC(CC(=O)NCCOCCOCCOCCOCCOCCOCC)NC(=O)CCCCCN%10C(=O)C=CC%10=O)C(C)C)cc9)O[C@H]8C[C@H]8O[C@H](CCC8=C)CC[C@@H]1O2)O[C@@H]7[C@@H]6O3)[C@H]5O4. The summed E-state index contributed by atoms with van der Waals surface area (Å²) in [5, 5.41) is 27.9. The predicted octanol–water partition coefficient (Wildman–Crippen LogP) is 4.33. The van der Waals surface area contributed by atoms with Crippen molar-refractivity contribution in [1.29, 1.82) is 0 Å². The van der Waals surface area contributed by atoms with Crippen LogP contribution in [0.15, 0.2) is 60.7 Å². The van der Waals surface area contributed by atoms with Gasteiger partial charge in [-0.2, -0.15) is 0 Å². The Labute approximate surface area is 720 Å². The van der Waals surface area contributed by atoms with Gasteiger partial charge >= 0.3 is 12.1 Å². The lowest BCUT2D eigenvalue weighted by Gasteiger charge is -2.47. The van der Waals surface area contributed by atoms with E-state index in [0.29, 0.717) is 122 Å². The maximum absolute atomic E-state index is 14.6. The summed E-state index contributed by atoms with van der Waals surface area (Å²) >= 11 is 0. The summed E-state index contributed by atoms with van der Waals surface area (Å²) in [4.78, 5) is 134. The first-order valence-electron chi connectivity index (χ1n) is 44.5. The lowest BCUT2D eigenvalue weighted by Crippen LogP contribution is -2.61. The molecule has 1 aromatic rings. The van der Waals surface area contributed by atoms with E-state index in [1.165, 1.54) is 12.2 Å². The number of rotatable bonds is 48. The van der Waals surface area contributed by atoms with E-state index in [9.17, 15) is 53.1 Å². The summed E-state index contributed by atoms with van der Waals surface area (Å²) in [5.41, 5.74) is 8.48. The molecule has 10 saturated heterocycles. The fourth-order valence-electron chi connectivity index (χ4n) is 18.2. The molecule has 11 aliphatic heterocycles. The smallest absolute Gasteiger partial charge is 0.407 e. The van der Waals surface area contributed by atoms with Gasteiger partial charge in [0.15, 0.2) is 11.6 Å². The van der Waals surface area contributed by atoms with Crippen LogP contribution in [0.4, 0.5) is 9.59 Å². The van der Waals surface area contributed by atoms with Gasteiger partial charge in [-0.1, -0.05) is 57.7 Å². The molecule has 1 aromatic carbocycles. The summed E-state index contributed by atoms with van der Waals surface area (Å²) in [7, 11) is 1.57. The molecule has 9 amide bonds. The van der Waals surface area contributed by atoms with Gasteiger partial charge in [0.25, 0.3) is 11.8 Å². The van der Waals surface area contributed by atoms with Crippen molar-refractivity contribution >= 4 is 59.1 Å². The molecule has 686 valence electrons. The molecule has 12 rings (SSSR count). The third kappa shape index (κ3) is 29.1. The summed E-state index contributed by atoms with van der Waals surface area (Å²) in [6.07, 6.45) is 4.06. The van der Waals surface area contributed by atoms with E-state index in [1.807, 2.05) is 6.92 Å². The number of primary amides is 1. The van der Waals surface area contributed by atoms with E-state index in [4.69, 9.17) is 81.5 Å². The van der Waals surface area contributed by atoms with E-state index in [-0.39, 0.29) is 165 Å². The Hall–Kier alpha value is -7.30. The number of benzene rings is 1. The molecule has 35 nitrogen and oxygen atoms in total. The number of alkyl carbamates (subject to hydrolysis) is 1. The maximum Gasteiger partial charge on any atom is 0.407 e. The van der Waals surface area contributed by atoms with Gasteiger partial charge in [-0.25, -0.2) is 9.59 Å². The van der Waals surface area contributed by atoms with Crippen LogP contribution in [0.3, 0.4) is 0 Å². The van der Waals surface area contributed by atoms with Gasteiger partial charge in [0.1, 0.15) is 49.0 Å².